The molecule has 3 nitrogen and oxygen atoms in total. The lowest BCUT2D eigenvalue weighted by Gasteiger charge is -2.08. The molecule has 0 amide bonds. The van der Waals surface area contributed by atoms with E-state index in [4.69, 9.17) is 9.15 Å². The largest absolute Gasteiger partial charge is 0.467 e. The first-order valence-corrected chi connectivity index (χ1v) is 7.59. The van der Waals surface area contributed by atoms with Gasteiger partial charge in [0, 0.05) is 18.7 Å². The zero-order chi connectivity index (χ0) is 13.5. The fourth-order valence-electron chi connectivity index (χ4n) is 2.60. The van der Waals surface area contributed by atoms with Gasteiger partial charge in [-0.25, -0.2) is 0 Å². The molecule has 1 aromatic heterocycles. The minimum Gasteiger partial charge on any atom is -0.467 e. The van der Waals surface area contributed by atoms with Gasteiger partial charge in [0.1, 0.15) is 12.4 Å². The second-order valence-corrected chi connectivity index (χ2v) is 6.11. The summed E-state index contributed by atoms with van der Waals surface area (Å²) < 4.78 is 11.3. The minimum absolute atomic E-state index is 0.612. The number of nitrogens with one attached hydrogen (secondary N) is 1. The molecule has 0 spiro atoms. The summed E-state index contributed by atoms with van der Waals surface area (Å²) in [6.07, 6.45) is 7.26. The predicted molar refractivity (Wildman–Crippen MR) is 76.9 cm³/mol. The lowest BCUT2D eigenvalue weighted by molar-refractivity contribution is 0.0771. The normalized spacial score (nSPS) is 16.6. The van der Waals surface area contributed by atoms with E-state index in [0.717, 1.165) is 31.4 Å². The average molecular weight is 265 g/mol. The molecule has 1 aliphatic rings. The molecule has 1 saturated carbocycles. The number of ether oxygens (including phenoxy) is 1. The molecule has 19 heavy (non-hydrogen) atoms. The second-order valence-electron chi connectivity index (χ2n) is 6.11. The Morgan fingerprint density at radius 3 is 2.89 bits per heavy atom. The highest BCUT2D eigenvalue weighted by Gasteiger charge is 2.15. The van der Waals surface area contributed by atoms with Gasteiger partial charge in [-0.3, -0.25) is 0 Å². The molecule has 108 valence electrons. The summed E-state index contributed by atoms with van der Waals surface area (Å²) in [5.74, 6) is 2.41. The molecule has 0 aromatic carbocycles. The molecule has 0 radical (unpaired) electrons. The summed E-state index contributed by atoms with van der Waals surface area (Å²) in [5.41, 5.74) is 1.21. The third-order valence-corrected chi connectivity index (χ3v) is 3.66. The fraction of sp³-hybridized carbons (Fsp3) is 0.750. The molecular formula is C16H27NO2. The molecule has 1 aromatic rings. The highest BCUT2D eigenvalue weighted by molar-refractivity contribution is 5.12. The van der Waals surface area contributed by atoms with Crippen LogP contribution in [0.3, 0.4) is 0 Å². The van der Waals surface area contributed by atoms with E-state index in [0.29, 0.717) is 12.5 Å². The van der Waals surface area contributed by atoms with Crippen LogP contribution in [0.25, 0.3) is 0 Å². The molecule has 0 atom stereocenters. The Kier molecular flexibility index (Phi) is 5.93. The first-order chi connectivity index (χ1) is 9.24. The molecule has 0 bridgehead atoms. The van der Waals surface area contributed by atoms with Gasteiger partial charge in [-0.2, -0.15) is 0 Å². The topological polar surface area (TPSA) is 34.4 Å². The summed E-state index contributed by atoms with van der Waals surface area (Å²) in [5, 5.41) is 3.41. The van der Waals surface area contributed by atoms with Crippen LogP contribution in [0.2, 0.25) is 0 Å². The third kappa shape index (κ3) is 5.37. The van der Waals surface area contributed by atoms with Crippen LogP contribution in [0.4, 0.5) is 0 Å². The van der Waals surface area contributed by atoms with Gasteiger partial charge in [0.2, 0.25) is 0 Å². The van der Waals surface area contributed by atoms with E-state index in [1.165, 1.54) is 31.2 Å². The van der Waals surface area contributed by atoms with Gasteiger partial charge in [0.15, 0.2) is 0 Å². The monoisotopic (exact) mass is 265 g/mol. The Bertz CT molecular complexity index is 353. The van der Waals surface area contributed by atoms with E-state index < -0.39 is 0 Å². The van der Waals surface area contributed by atoms with Crippen LogP contribution in [-0.2, 0) is 17.9 Å². The summed E-state index contributed by atoms with van der Waals surface area (Å²) in [6.45, 7) is 7.85. The lowest BCUT2D eigenvalue weighted by Crippen LogP contribution is -2.18. The van der Waals surface area contributed by atoms with Crippen LogP contribution in [0.5, 0.6) is 0 Å². The van der Waals surface area contributed by atoms with Gasteiger partial charge in [-0.1, -0.05) is 26.7 Å². The van der Waals surface area contributed by atoms with Crippen molar-refractivity contribution in [2.24, 2.45) is 11.8 Å². The molecule has 2 rings (SSSR count). The molecule has 1 fully saturated rings. The standard InChI is InChI=1S/C16H27NO2/c1-13(2)8-17-9-15-7-16(19-11-15)12-18-10-14-5-3-4-6-14/h7,11,13-14,17H,3-6,8-10,12H2,1-2H3. The molecule has 0 saturated heterocycles. The minimum atomic E-state index is 0.612. The number of hydrogen-bond acceptors (Lipinski definition) is 3. The Labute approximate surface area is 116 Å². The number of rotatable bonds is 8. The summed E-state index contributed by atoms with van der Waals surface area (Å²) in [7, 11) is 0. The van der Waals surface area contributed by atoms with Gasteiger partial charge >= 0.3 is 0 Å². The number of hydrogen-bond donors (Lipinski definition) is 1. The smallest absolute Gasteiger partial charge is 0.129 e. The third-order valence-electron chi connectivity index (χ3n) is 3.66. The Balaban J connectivity index is 1.62. The maximum atomic E-state index is 5.75. The van der Waals surface area contributed by atoms with Crippen LogP contribution < -0.4 is 5.32 Å². The van der Waals surface area contributed by atoms with Crippen LogP contribution in [0, 0.1) is 11.8 Å². The quantitative estimate of drug-likeness (QED) is 0.777. The summed E-state index contributed by atoms with van der Waals surface area (Å²) in [6, 6.07) is 2.10. The highest BCUT2D eigenvalue weighted by atomic mass is 16.5. The van der Waals surface area contributed by atoms with Crippen molar-refractivity contribution in [3.05, 3.63) is 23.7 Å². The first-order valence-electron chi connectivity index (χ1n) is 7.59. The van der Waals surface area contributed by atoms with E-state index in [1.54, 1.807) is 0 Å². The first kappa shape index (κ1) is 14.6. The highest BCUT2D eigenvalue weighted by Crippen LogP contribution is 2.25. The molecule has 3 heteroatoms. The average Bonchev–Trinajstić information content (AvgIpc) is 3.00. The van der Waals surface area contributed by atoms with E-state index in [1.807, 2.05) is 6.26 Å². The van der Waals surface area contributed by atoms with Crippen molar-refractivity contribution in [1.82, 2.24) is 5.32 Å². The number of furan rings is 1. The lowest BCUT2D eigenvalue weighted by atomic mass is 10.1. The van der Waals surface area contributed by atoms with Crippen molar-refractivity contribution in [2.45, 2.75) is 52.7 Å². The van der Waals surface area contributed by atoms with Gasteiger partial charge in [0.05, 0.1) is 6.26 Å². The Morgan fingerprint density at radius 1 is 1.37 bits per heavy atom. The van der Waals surface area contributed by atoms with Gasteiger partial charge in [-0.15, -0.1) is 0 Å². The molecular weight excluding hydrogens is 238 g/mol. The van der Waals surface area contributed by atoms with Crippen LogP contribution in [0.1, 0.15) is 50.9 Å². The summed E-state index contributed by atoms with van der Waals surface area (Å²) in [4.78, 5) is 0. The molecule has 1 heterocycles. The van der Waals surface area contributed by atoms with Crippen molar-refractivity contribution in [3.8, 4) is 0 Å². The molecule has 0 unspecified atom stereocenters. The van der Waals surface area contributed by atoms with E-state index in [2.05, 4.69) is 25.2 Å². The van der Waals surface area contributed by atoms with Crippen LogP contribution in [-0.4, -0.2) is 13.2 Å². The zero-order valence-electron chi connectivity index (χ0n) is 12.3. The molecule has 1 N–H and O–H groups in total. The van der Waals surface area contributed by atoms with E-state index >= 15 is 0 Å². The maximum absolute atomic E-state index is 5.75. The molecule has 0 aliphatic heterocycles. The Morgan fingerprint density at radius 2 is 2.16 bits per heavy atom. The maximum Gasteiger partial charge on any atom is 0.129 e. The van der Waals surface area contributed by atoms with Crippen molar-refractivity contribution in [2.75, 3.05) is 13.2 Å². The van der Waals surface area contributed by atoms with E-state index in [9.17, 15) is 0 Å². The van der Waals surface area contributed by atoms with Crippen molar-refractivity contribution in [3.63, 3.8) is 0 Å². The Hall–Kier alpha value is -0.800. The van der Waals surface area contributed by atoms with Gasteiger partial charge < -0.3 is 14.5 Å². The zero-order valence-corrected chi connectivity index (χ0v) is 12.3. The second kappa shape index (κ2) is 7.71. The SMILES string of the molecule is CC(C)CNCc1coc(COCC2CCCC2)c1. The van der Waals surface area contributed by atoms with Crippen LogP contribution in [0.15, 0.2) is 16.7 Å². The van der Waals surface area contributed by atoms with Crippen LogP contribution >= 0.6 is 0 Å². The van der Waals surface area contributed by atoms with Gasteiger partial charge in [0.25, 0.3) is 0 Å². The predicted octanol–water partition coefficient (Wildman–Crippen LogP) is 3.73. The fourth-order valence-corrected chi connectivity index (χ4v) is 2.60. The summed E-state index contributed by atoms with van der Waals surface area (Å²) >= 11 is 0. The van der Waals surface area contributed by atoms with Crippen molar-refractivity contribution in [1.29, 1.82) is 0 Å². The van der Waals surface area contributed by atoms with E-state index in [-0.39, 0.29) is 0 Å². The van der Waals surface area contributed by atoms with Gasteiger partial charge in [-0.05, 0) is 37.3 Å². The molecule has 1 aliphatic carbocycles. The van der Waals surface area contributed by atoms with Crippen molar-refractivity contribution >= 4 is 0 Å². The van der Waals surface area contributed by atoms with Crippen molar-refractivity contribution < 1.29 is 9.15 Å².